The number of esters is 1. The largest absolute Gasteiger partial charge is 0.454 e. The molecule has 1 aromatic rings. The van der Waals surface area contributed by atoms with Crippen LogP contribution < -0.4 is 5.63 Å². The molecule has 1 unspecified atom stereocenters. The maximum absolute atomic E-state index is 10.8. The van der Waals surface area contributed by atoms with Gasteiger partial charge >= 0.3 is 11.6 Å². The van der Waals surface area contributed by atoms with Gasteiger partial charge in [-0.25, -0.2) is 4.79 Å². The van der Waals surface area contributed by atoms with E-state index in [0.717, 1.165) is 0 Å². The van der Waals surface area contributed by atoms with Crippen LogP contribution in [-0.4, -0.2) is 5.97 Å². The molecule has 0 aliphatic carbocycles. The first-order valence-electron chi connectivity index (χ1n) is 4.05. The molecule has 0 amide bonds. The molecule has 2 rings (SSSR count). The van der Waals surface area contributed by atoms with E-state index in [2.05, 4.69) is 0 Å². The van der Waals surface area contributed by atoms with E-state index in [0.29, 0.717) is 18.6 Å². The van der Waals surface area contributed by atoms with Gasteiger partial charge in [0.15, 0.2) is 6.10 Å². The van der Waals surface area contributed by atoms with Crippen LogP contribution in [0.3, 0.4) is 0 Å². The summed E-state index contributed by atoms with van der Waals surface area (Å²) < 4.78 is 9.81. The van der Waals surface area contributed by atoms with Gasteiger partial charge in [-0.05, 0) is 6.07 Å². The minimum absolute atomic E-state index is 0.239. The lowest BCUT2D eigenvalue weighted by atomic mass is 10.2. The third kappa shape index (κ3) is 1.61. The molecule has 1 atom stereocenters. The molecule has 1 aliphatic heterocycles. The summed E-state index contributed by atoms with van der Waals surface area (Å²) in [6, 6.07) is 4.55. The van der Waals surface area contributed by atoms with Gasteiger partial charge in [0, 0.05) is 18.9 Å². The van der Waals surface area contributed by atoms with Crippen LogP contribution in [0.2, 0.25) is 0 Å². The van der Waals surface area contributed by atoms with Crippen LogP contribution in [0.5, 0.6) is 0 Å². The van der Waals surface area contributed by atoms with Crippen molar-refractivity contribution >= 4 is 5.97 Å². The van der Waals surface area contributed by atoms with Gasteiger partial charge in [0.25, 0.3) is 0 Å². The van der Waals surface area contributed by atoms with Crippen LogP contribution in [0.25, 0.3) is 0 Å². The molecule has 1 fully saturated rings. The number of rotatable bonds is 1. The van der Waals surface area contributed by atoms with E-state index in [4.69, 9.17) is 9.15 Å². The van der Waals surface area contributed by atoms with E-state index < -0.39 is 5.63 Å². The van der Waals surface area contributed by atoms with Gasteiger partial charge in [-0.1, -0.05) is 6.07 Å². The van der Waals surface area contributed by atoms with Crippen LogP contribution in [0.1, 0.15) is 24.7 Å². The molecule has 4 nitrogen and oxygen atoms in total. The Morgan fingerprint density at radius 2 is 2.15 bits per heavy atom. The van der Waals surface area contributed by atoms with Gasteiger partial charge in [-0.3, -0.25) is 4.79 Å². The Kier molecular flexibility index (Phi) is 1.88. The highest BCUT2D eigenvalue weighted by Crippen LogP contribution is 2.28. The summed E-state index contributed by atoms with van der Waals surface area (Å²) in [7, 11) is 0. The van der Waals surface area contributed by atoms with Crippen LogP contribution in [0.4, 0.5) is 0 Å². The van der Waals surface area contributed by atoms with Gasteiger partial charge in [-0.2, -0.15) is 0 Å². The first-order chi connectivity index (χ1) is 6.25. The number of carbonyl (C=O) groups is 1. The highest BCUT2D eigenvalue weighted by atomic mass is 16.6. The molecular weight excluding hydrogens is 172 g/mol. The minimum Gasteiger partial charge on any atom is -0.454 e. The van der Waals surface area contributed by atoms with Crippen LogP contribution in [0.15, 0.2) is 27.4 Å². The SMILES string of the molecule is O=C1CCC(c2cccc(=O)o2)O1. The lowest BCUT2D eigenvalue weighted by Crippen LogP contribution is -2.03. The number of carbonyl (C=O) groups excluding carboxylic acids is 1. The van der Waals surface area contributed by atoms with Gasteiger partial charge in [0.1, 0.15) is 5.76 Å². The highest BCUT2D eigenvalue weighted by Gasteiger charge is 2.26. The standard InChI is InChI=1S/C9H8O4/c10-8-3-1-2-6(12-8)7-4-5-9(11)13-7/h1-3,7H,4-5H2. The van der Waals surface area contributed by atoms with Gasteiger partial charge in [-0.15, -0.1) is 0 Å². The summed E-state index contributed by atoms with van der Waals surface area (Å²) >= 11 is 0. The zero-order valence-electron chi connectivity index (χ0n) is 6.86. The second kappa shape index (κ2) is 3.05. The third-order valence-electron chi connectivity index (χ3n) is 1.91. The van der Waals surface area contributed by atoms with Crippen molar-refractivity contribution in [1.82, 2.24) is 0 Å². The van der Waals surface area contributed by atoms with Crippen molar-refractivity contribution in [3.63, 3.8) is 0 Å². The fourth-order valence-electron chi connectivity index (χ4n) is 1.30. The van der Waals surface area contributed by atoms with E-state index >= 15 is 0 Å². The van der Waals surface area contributed by atoms with Crippen LogP contribution in [0, 0.1) is 0 Å². The highest BCUT2D eigenvalue weighted by molar-refractivity contribution is 5.71. The maximum atomic E-state index is 10.8. The zero-order chi connectivity index (χ0) is 9.26. The summed E-state index contributed by atoms with van der Waals surface area (Å²) in [6.45, 7) is 0. The molecule has 68 valence electrons. The average Bonchev–Trinajstić information content (AvgIpc) is 2.52. The van der Waals surface area contributed by atoms with E-state index in [1.165, 1.54) is 6.07 Å². The first-order valence-corrected chi connectivity index (χ1v) is 4.05. The molecule has 13 heavy (non-hydrogen) atoms. The molecule has 0 N–H and O–H groups in total. The fraction of sp³-hybridized carbons (Fsp3) is 0.333. The first kappa shape index (κ1) is 8.04. The van der Waals surface area contributed by atoms with Gasteiger partial charge in [0.2, 0.25) is 0 Å². The Bertz CT molecular complexity index is 379. The fourth-order valence-corrected chi connectivity index (χ4v) is 1.30. The van der Waals surface area contributed by atoms with Crippen molar-refractivity contribution in [2.45, 2.75) is 18.9 Å². The maximum Gasteiger partial charge on any atom is 0.335 e. The van der Waals surface area contributed by atoms with E-state index in [1.54, 1.807) is 12.1 Å². The Labute approximate surface area is 74.1 Å². The number of cyclic esters (lactones) is 1. The van der Waals surface area contributed by atoms with Crippen LogP contribution >= 0.6 is 0 Å². The number of hydrogen-bond acceptors (Lipinski definition) is 4. The molecule has 0 radical (unpaired) electrons. The molecule has 1 aromatic heterocycles. The molecule has 1 aliphatic rings. The van der Waals surface area contributed by atoms with Crippen molar-refractivity contribution in [2.75, 3.05) is 0 Å². The topological polar surface area (TPSA) is 56.5 Å². The van der Waals surface area contributed by atoms with Crippen molar-refractivity contribution < 1.29 is 13.9 Å². The molecule has 0 bridgehead atoms. The smallest absolute Gasteiger partial charge is 0.335 e. The second-order valence-electron chi connectivity index (χ2n) is 2.87. The monoisotopic (exact) mass is 180 g/mol. The van der Waals surface area contributed by atoms with E-state index in [1.807, 2.05) is 0 Å². The molecule has 0 aromatic carbocycles. The second-order valence-corrected chi connectivity index (χ2v) is 2.87. The predicted molar refractivity (Wildman–Crippen MR) is 43.0 cm³/mol. The molecule has 2 heterocycles. The van der Waals surface area contributed by atoms with Crippen molar-refractivity contribution in [3.8, 4) is 0 Å². The molecule has 4 heteroatoms. The number of ether oxygens (including phenoxy) is 1. The lowest BCUT2D eigenvalue weighted by Gasteiger charge is -2.05. The van der Waals surface area contributed by atoms with Gasteiger partial charge < -0.3 is 9.15 Å². The van der Waals surface area contributed by atoms with Crippen LogP contribution in [-0.2, 0) is 9.53 Å². The number of hydrogen-bond donors (Lipinski definition) is 0. The Balaban J connectivity index is 2.26. The molecular formula is C9H8O4. The molecule has 0 saturated carbocycles. The molecule has 0 spiro atoms. The van der Waals surface area contributed by atoms with Gasteiger partial charge in [0.05, 0.1) is 0 Å². The van der Waals surface area contributed by atoms with Crippen molar-refractivity contribution in [1.29, 1.82) is 0 Å². The van der Waals surface area contributed by atoms with Crippen molar-refractivity contribution in [3.05, 3.63) is 34.4 Å². The Morgan fingerprint density at radius 3 is 2.77 bits per heavy atom. The zero-order valence-corrected chi connectivity index (χ0v) is 6.86. The van der Waals surface area contributed by atoms with E-state index in [-0.39, 0.29) is 12.1 Å². The Morgan fingerprint density at radius 1 is 1.31 bits per heavy atom. The third-order valence-corrected chi connectivity index (χ3v) is 1.91. The summed E-state index contributed by atoms with van der Waals surface area (Å²) in [4.78, 5) is 21.6. The summed E-state index contributed by atoms with van der Waals surface area (Å²) in [6.07, 6.45) is 0.608. The quantitative estimate of drug-likeness (QED) is 0.605. The summed E-state index contributed by atoms with van der Waals surface area (Å²) in [5.74, 6) is 0.190. The lowest BCUT2D eigenvalue weighted by molar-refractivity contribution is -0.142. The van der Waals surface area contributed by atoms with E-state index in [9.17, 15) is 9.59 Å². The average molecular weight is 180 g/mol. The van der Waals surface area contributed by atoms with Crippen molar-refractivity contribution in [2.24, 2.45) is 0 Å². The minimum atomic E-state index is -0.416. The Hall–Kier alpha value is -1.58. The normalized spacial score (nSPS) is 21.5. The molecule has 1 saturated heterocycles. The summed E-state index contributed by atoms with van der Waals surface area (Å²) in [5, 5.41) is 0. The summed E-state index contributed by atoms with van der Waals surface area (Å²) in [5.41, 5.74) is -0.416. The predicted octanol–water partition coefficient (Wildman–Crippen LogP) is 1.02.